The second-order valence-corrected chi connectivity index (χ2v) is 7.57. The SMILES string of the molecule is COc1ccc(C[NH+](CC(=O)N[C@@H]2CCCC[C@H]2C)C2CC2)cc1. The molecule has 1 unspecified atom stereocenters. The summed E-state index contributed by atoms with van der Waals surface area (Å²) in [5, 5.41) is 3.31. The third kappa shape index (κ3) is 4.73. The molecule has 0 aromatic heterocycles. The molecule has 24 heavy (non-hydrogen) atoms. The van der Waals surface area contributed by atoms with Gasteiger partial charge in [-0.2, -0.15) is 0 Å². The molecule has 0 radical (unpaired) electrons. The minimum atomic E-state index is 0.226. The number of carbonyl (C=O) groups excluding carboxylic acids is 1. The van der Waals surface area contributed by atoms with Crippen LogP contribution in [0.3, 0.4) is 0 Å². The minimum absolute atomic E-state index is 0.226. The van der Waals surface area contributed by atoms with Crippen LogP contribution in [-0.2, 0) is 11.3 Å². The number of hydrogen-bond donors (Lipinski definition) is 2. The second kappa shape index (κ2) is 8.02. The summed E-state index contributed by atoms with van der Waals surface area (Å²) in [7, 11) is 1.69. The Kier molecular flexibility index (Phi) is 5.77. The molecule has 3 atom stereocenters. The molecule has 0 aliphatic heterocycles. The molecule has 4 nitrogen and oxygen atoms in total. The second-order valence-electron chi connectivity index (χ2n) is 7.57. The highest BCUT2D eigenvalue weighted by atomic mass is 16.5. The van der Waals surface area contributed by atoms with Crippen LogP contribution in [0, 0.1) is 5.92 Å². The molecule has 1 amide bonds. The van der Waals surface area contributed by atoms with Crippen molar-refractivity contribution < 1.29 is 14.4 Å². The van der Waals surface area contributed by atoms with Gasteiger partial charge in [-0.3, -0.25) is 4.79 Å². The van der Waals surface area contributed by atoms with E-state index in [-0.39, 0.29) is 5.91 Å². The number of quaternary nitrogens is 1. The van der Waals surface area contributed by atoms with Crippen LogP contribution in [0.15, 0.2) is 24.3 Å². The Bertz CT molecular complexity index is 539. The van der Waals surface area contributed by atoms with E-state index >= 15 is 0 Å². The standard InChI is InChI=1S/C20H30N2O2/c1-15-5-3-4-6-19(15)21-20(23)14-22(17-9-10-17)13-16-7-11-18(24-2)12-8-16/h7-8,11-12,15,17,19H,3-6,9-10,13-14H2,1-2H3,(H,21,23)/p+1/t15-,19-/m1/s1. The molecule has 0 bridgehead atoms. The smallest absolute Gasteiger partial charge is 0.275 e. The van der Waals surface area contributed by atoms with Crippen molar-refractivity contribution in [1.82, 2.24) is 5.32 Å². The fourth-order valence-corrected chi connectivity index (χ4v) is 3.84. The monoisotopic (exact) mass is 331 g/mol. The first kappa shape index (κ1) is 17.3. The number of amides is 1. The Morgan fingerprint density at radius 3 is 2.50 bits per heavy atom. The fraction of sp³-hybridized carbons (Fsp3) is 0.650. The van der Waals surface area contributed by atoms with Gasteiger partial charge in [0.25, 0.3) is 5.91 Å². The summed E-state index contributed by atoms with van der Waals surface area (Å²) in [6.45, 7) is 3.79. The van der Waals surface area contributed by atoms with Gasteiger partial charge < -0.3 is 15.0 Å². The average Bonchev–Trinajstić information content (AvgIpc) is 3.42. The predicted octanol–water partition coefficient (Wildman–Crippen LogP) is 1.94. The van der Waals surface area contributed by atoms with E-state index in [4.69, 9.17) is 4.74 Å². The van der Waals surface area contributed by atoms with Crippen molar-refractivity contribution in [3.63, 3.8) is 0 Å². The van der Waals surface area contributed by atoms with Crippen molar-refractivity contribution in [2.45, 2.75) is 64.1 Å². The zero-order chi connectivity index (χ0) is 16.9. The van der Waals surface area contributed by atoms with Crippen molar-refractivity contribution in [3.8, 4) is 5.75 Å². The maximum Gasteiger partial charge on any atom is 0.275 e. The third-order valence-electron chi connectivity index (χ3n) is 5.59. The third-order valence-corrected chi connectivity index (χ3v) is 5.59. The van der Waals surface area contributed by atoms with Crippen molar-refractivity contribution >= 4 is 5.91 Å². The van der Waals surface area contributed by atoms with E-state index in [0.717, 1.165) is 18.7 Å². The number of methoxy groups -OCH3 is 1. The molecule has 4 heteroatoms. The lowest BCUT2D eigenvalue weighted by atomic mass is 9.86. The molecule has 2 aliphatic carbocycles. The molecule has 2 N–H and O–H groups in total. The van der Waals surface area contributed by atoms with E-state index in [2.05, 4.69) is 24.4 Å². The van der Waals surface area contributed by atoms with Crippen molar-refractivity contribution in [2.75, 3.05) is 13.7 Å². The first-order valence-corrected chi connectivity index (χ1v) is 9.42. The van der Waals surface area contributed by atoms with Gasteiger partial charge in [-0.15, -0.1) is 0 Å². The maximum atomic E-state index is 12.5. The lowest BCUT2D eigenvalue weighted by Crippen LogP contribution is -3.13. The van der Waals surface area contributed by atoms with Crippen LogP contribution in [0.5, 0.6) is 5.75 Å². The van der Waals surface area contributed by atoms with E-state index < -0.39 is 0 Å². The number of nitrogens with one attached hydrogen (secondary N) is 2. The number of hydrogen-bond acceptors (Lipinski definition) is 2. The van der Waals surface area contributed by atoms with Gasteiger partial charge in [0.15, 0.2) is 6.54 Å². The van der Waals surface area contributed by atoms with Crippen LogP contribution in [0.25, 0.3) is 0 Å². The number of ether oxygens (including phenoxy) is 1. The summed E-state index contributed by atoms with van der Waals surface area (Å²) in [6.07, 6.45) is 7.45. The van der Waals surface area contributed by atoms with Crippen molar-refractivity contribution in [2.24, 2.45) is 5.92 Å². The van der Waals surface area contributed by atoms with Crippen LogP contribution in [0.2, 0.25) is 0 Å². The van der Waals surface area contributed by atoms with Gasteiger partial charge in [0, 0.05) is 24.4 Å². The van der Waals surface area contributed by atoms with Crippen LogP contribution < -0.4 is 15.0 Å². The quantitative estimate of drug-likeness (QED) is 0.802. The molecule has 0 heterocycles. The van der Waals surface area contributed by atoms with Crippen molar-refractivity contribution in [1.29, 1.82) is 0 Å². The van der Waals surface area contributed by atoms with Gasteiger partial charge >= 0.3 is 0 Å². The van der Waals surface area contributed by atoms with Gasteiger partial charge in [-0.1, -0.05) is 19.8 Å². The molecule has 1 aromatic carbocycles. The van der Waals surface area contributed by atoms with Gasteiger partial charge in [0.2, 0.25) is 0 Å². The molecule has 1 aromatic rings. The fourth-order valence-electron chi connectivity index (χ4n) is 3.84. The summed E-state index contributed by atoms with van der Waals surface area (Å²) in [5.41, 5.74) is 1.27. The predicted molar refractivity (Wildman–Crippen MR) is 95.1 cm³/mol. The average molecular weight is 331 g/mol. The Morgan fingerprint density at radius 2 is 1.88 bits per heavy atom. The van der Waals surface area contributed by atoms with Gasteiger partial charge in [0.05, 0.1) is 13.2 Å². The molecule has 2 fully saturated rings. The first-order chi connectivity index (χ1) is 11.7. The molecule has 2 saturated carbocycles. The Morgan fingerprint density at radius 1 is 1.17 bits per heavy atom. The molecule has 3 rings (SSSR count). The Balaban J connectivity index is 1.54. The summed E-state index contributed by atoms with van der Waals surface area (Å²) in [4.78, 5) is 13.9. The normalized spacial score (nSPS) is 25.1. The zero-order valence-electron chi connectivity index (χ0n) is 15.0. The number of rotatable bonds is 7. The Labute approximate surface area is 145 Å². The van der Waals surface area contributed by atoms with E-state index in [9.17, 15) is 4.79 Å². The Hall–Kier alpha value is -1.55. The van der Waals surface area contributed by atoms with E-state index in [1.165, 1.54) is 42.6 Å². The molecule has 0 saturated heterocycles. The summed E-state index contributed by atoms with van der Waals surface area (Å²) in [6, 6.07) is 9.27. The van der Waals surface area contributed by atoms with E-state index in [1.54, 1.807) is 7.11 Å². The minimum Gasteiger partial charge on any atom is -0.497 e. The topological polar surface area (TPSA) is 42.8 Å². The molecule has 2 aliphatic rings. The van der Waals surface area contributed by atoms with Gasteiger partial charge in [-0.25, -0.2) is 0 Å². The van der Waals surface area contributed by atoms with Gasteiger partial charge in [0.1, 0.15) is 12.3 Å². The van der Waals surface area contributed by atoms with Gasteiger partial charge in [-0.05, 0) is 43.0 Å². The van der Waals surface area contributed by atoms with Crippen LogP contribution in [0.4, 0.5) is 0 Å². The number of benzene rings is 1. The van der Waals surface area contributed by atoms with E-state index in [0.29, 0.717) is 24.5 Å². The first-order valence-electron chi connectivity index (χ1n) is 9.42. The highest BCUT2D eigenvalue weighted by molar-refractivity contribution is 5.77. The molecule has 0 spiro atoms. The summed E-state index contributed by atoms with van der Waals surface area (Å²) >= 11 is 0. The van der Waals surface area contributed by atoms with Crippen LogP contribution in [-0.4, -0.2) is 31.6 Å². The summed E-state index contributed by atoms with van der Waals surface area (Å²) in [5.74, 6) is 1.73. The van der Waals surface area contributed by atoms with Crippen LogP contribution in [0.1, 0.15) is 51.0 Å². The van der Waals surface area contributed by atoms with E-state index in [1.807, 2.05) is 12.1 Å². The highest BCUT2D eigenvalue weighted by Gasteiger charge is 2.35. The molecule has 132 valence electrons. The lowest BCUT2D eigenvalue weighted by Gasteiger charge is -2.30. The number of carbonyl (C=O) groups is 1. The van der Waals surface area contributed by atoms with Crippen LogP contribution >= 0.6 is 0 Å². The summed E-state index contributed by atoms with van der Waals surface area (Å²) < 4.78 is 5.22. The molecular formula is C20H31N2O2+. The lowest BCUT2D eigenvalue weighted by molar-refractivity contribution is -0.917. The van der Waals surface area contributed by atoms with Crippen molar-refractivity contribution in [3.05, 3.63) is 29.8 Å². The zero-order valence-corrected chi connectivity index (χ0v) is 15.0. The largest absolute Gasteiger partial charge is 0.497 e. The molecular weight excluding hydrogens is 300 g/mol. The highest BCUT2D eigenvalue weighted by Crippen LogP contribution is 2.23. The maximum absolute atomic E-state index is 12.5.